The molecule has 0 unspecified atom stereocenters. The first-order valence-electron chi connectivity index (χ1n) is 10.1. The first kappa shape index (κ1) is 22.0. The number of anilines is 2. The molecule has 2 N–H and O–H groups in total. The molecule has 0 aliphatic rings. The number of esters is 1. The van der Waals surface area contributed by atoms with Gasteiger partial charge >= 0.3 is 5.97 Å². The molecule has 156 valence electrons. The second-order valence-corrected chi connectivity index (χ2v) is 8.14. The van der Waals surface area contributed by atoms with E-state index >= 15 is 0 Å². The van der Waals surface area contributed by atoms with Crippen molar-refractivity contribution < 1.29 is 9.53 Å². The van der Waals surface area contributed by atoms with Crippen LogP contribution in [0.5, 0.6) is 0 Å². The van der Waals surface area contributed by atoms with Gasteiger partial charge in [-0.3, -0.25) is 0 Å². The van der Waals surface area contributed by atoms with Crippen LogP contribution in [0, 0.1) is 0 Å². The molecular weight excluding hydrogens is 412 g/mol. The van der Waals surface area contributed by atoms with Crippen LogP contribution < -0.4 is 10.6 Å². The largest absolute Gasteiger partial charge is 0.462 e. The molecule has 0 spiro atoms. The summed E-state index contributed by atoms with van der Waals surface area (Å²) in [5.41, 5.74) is 4.99. The lowest BCUT2D eigenvalue weighted by Gasteiger charge is -2.17. The summed E-state index contributed by atoms with van der Waals surface area (Å²) in [5.74, 6) is -0.357. The number of rotatable bonds is 7. The maximum Gasteiger partial charge on any atom is 0.341 e. The topological polar surface area (TPSA) is 50.4 Å². The maximum atomic E-state index is 12.5. The lowest BCUT2D eigenvalue weighted by molar-refractivity contribution is 0.0528. The van der Waals surface area contributed by atoms with E-state index in [1.807, 2.05) is 36.4 Å². The summed E-state index contributed by atoms with van der Waals surface area (Å²) in [6, 6.07) is 18.1. The molecule has 0 saturated carbocycles. The van der Waals surface area contributed by atoms with Gasteiger partial charge in [-0.1, -0.05) is 62.4 Å². The number of nitrogens with one attached hydrogen (secondary N) is 2. The molecule has 3 aromatic rings. The van der Waals surface area contributed by atoms with Crippen molar-refractivity contribution in [1.29, 1.82) is 0 Å². The predicted molar refractivity (Wildman–Crippen MR) is 131 cm³/mol. The van der Waals surface area contributed by atoms with Gasteiger partial charge in [-0.2, -0.15) is 0 Å². The second-order valence-electron chi connectivity index (χ2n) is 6.68. The molecule has 1 aromatic heterocycles. The highest BCUT2D eigenvalue weighted by molar-refractivity contribution is 7.80. The quantitative estimate of drug-likeness (QED) is 0.325. The minimum absolute atomic E-state index is 0.321. The Kier molecular flexibility index (Phi) is 7.60. The summed E-state index contributed by atoms with van der Waals surface area (Å²) < 4.78 is 5.25. The van der Waals surface area contributed by atoms with Crippen molar-refractivity contribution in [2.24, 2.45) is 0 Å². The molecule has 6 heteroatoms. The van der Waals surface area contributed by atoms with Crippen LogP contribution in [-0.2, 0) is 17.6 Å². The van der Waals surface area contributed by atoms with Gasteiger partial charge in [-0.05, 0) is 54.7 Å². The number of ether oxygens (including phenoxy) is 1. The van der Waals surface area contributed by atoms with E-state index in [4.69, 9.17) is 17.0 Å². The third-order valence-electron chi connectivity index (χ3n) is 4.75. The Labute approximate surface area is 187 Å². The zero-order chi connectivity index (χ0) is 21.5. The van der Waals surface area contributed by atoms with Gasteiger partial charge in [0.05, 0.1) is 12.2 Å². The molecule has 0 bridgehead atoms. The summed E-state index contributed by atoms with van der Waals surface area (Å²) in [4.78, 5) is 13.5. The number of hydrogen-bond donors (Lipinski definition) is 2. The number of aryl methyl sites for hydroxylation is 2. The van der Waals surface area contributed by atoms with E-state index in [-0.39, 0.29) is 5.97 Å². The van der Waals surface area contributed by atoms with Gasteiger partial charge in [-0.25, -0.2) is 4.79 Å². The molecule has 1 heterocycles. The Bertz CT molecular complexity index is 1010. The first-order chi connectivity index (χ1) is 14.6. The molecule has 0 fully saturated rings. The molecular formula is C24H26N2O2S2. The van der Waals surface area contributed by atoms with Crippen LogP contribution in [0.4, 0.5) is 10.7 Å². The van der Waals surface area contributed by atoms with Crippen LogP contribution in [0.25, 0.3) is 10.4 Å². The highest BCUT2D eigenvalue weighted by Gasteiger charge is 2.19. The monoisotopic (exact) mass is 438 g/mol. The number of thiocarbonyl (C=S) groups is 1. The number of hydrogen-bond acceptors (Lipinski definition) is 4. The second kappa shape index (κ2) is 10.4. The SMILES string of the molecule is CCOC(=O)c1cc(-c2ccccc2)sc1NC(=S)Nc1c(CC)cccc1CC. The van der Waals surface area contributed by atoms with Crippen molar-refractivity contribution in [2.45, 2.75) is 33.6 Å². The van der Waals surface area contributed by atoms with Crippen molar-refractivity contribution >= 4 is 45.3 Å². The Morgan fingerprint density at radius 1 is 0.967 bits per heavy atom. The fraction of sp³-hybridized carbons (Fsp3) is 0.250. The van der Waals surface area contributed by atoms with E-state index in [0.717, 1.165) is 29.0 Å². The highest BCUT2D eigenvalue weighted by Crippen LogP contribution is 2.36. The Hall–Kier alpha value is -2.70. The van der Waals surface area contributed by atoms with Crippen LogP contribution in [-0.4, -0.2) is 17.7 Å². The molecule has 0 aliphatic heterocycles. The third kappa shape index (κ3) is 5.07. The average Bonchev–Trinajstić information content (AvgIpc) is 3.18. The van der Waals surface area contributed by atoms with Crippen molar-refractivity contribution in [3.05, 3.63) is 71.3 Å². The van der Waals surface area contributed by atoms with Gasteiger partial charge in [0.2, 0.25) is 0 Å². The molecule has 0 radical (unpaired) electrons. The van der Waals surface area contributed by atoms with E-state index < -0.39 is 0 Å². The van der Waals surface area contributed by atoms with Crippen LogP contribution in [0.3, 0.4) is 0 Å². The summed E-state index contributed by atoms with van der Waals surface area (Å²) in [6.07, 6.45) is 1.81. The van der Waals surface area contributed by atoms with Gasteiger partial charge in [0, 0.05) is 10.6 Å². The Morgan fingerprint density at radius 2 is 1.63 bits per heavy atom. The van der Waals surface area contributed by atoms with E-state index in [2.05, 4.69) is 42.7 Å². The summed E-state index contributed by atoms with van der Waals surface area (Å²) in [7, 11) is 0. The third-order valence-corrected chi connectivity index (χ3v) is 6.05. The normalized spacial score (nSPS) is 10.5. The minimum Gasteiger partial charge on any atom is -0.462 e. The number of carbonyl (C=O) groups is 1. The molecule has 0 amide bonds. The van der Waals surface area contributed by atoms with E-state index in [0.29, 0.717) is 22.3 Å². The lowest BCUT2D eigenvalue weighted by Crippen LogP contribution is -2.21. The fourth-order valence-electron chi connectivity index (χ4n) is 3.24. The summed E-state index contributed by atoms with van der Waals surface area (Å²) in [5, 5.41) is 7.71. The van der Waals surface area contributed by atoms with Gasteiger partial charge in [-0.15, -0.1) is 11.3 Å². The first-order valence-corrected chi connectivity index (χ1v) is 11.3. The van der Waals surface area contributed by atoms with E-state index in [1.165, 1.54) is 22.5 Å². The molecule has 3 rings (SSSR count). The lowest BCUT2D eigenvalue weighted by atomic mass is 10.0. The van der Waals surface area contributed by atoms with Gasteiger partial charge in [0.25, 0.3) is 0 Å². The number of thiophene rings is 1. The van der Waals surface area contributed by atoms with E-state index in [9.17, 15) is 4.79 Å². The molecule has 0 saturated heterocycles. The van der Waals surface area contributed by atoms with Crippen LogP contribution >= 0.6 is 23.6 Å². The average molecular weight is 439 g/mol. The Balaban J connectivity index is 1.89. The smallest absolute Gasteiger partial charge is 0.341 e. The molecule has 0 aliphatic carbocycles. The fourth-order valence-corrected chi connectivity index (χ4v) is 4.56. The molecule has 2 aromatic carbocycles. The van der Waals surface area contributed by atoms with E-state index in [1.54, 1.807) is 6.92 Å². The molecule has 30 heavy (non-hydrogen) atoms. The summed E-state index contributed by atoms with van der Waals surface area (Å²) in [6.45, 7) is 6.37. The minimum atomic E-state index is -0.357. The number of carbonyl (C=O) groups excluding carboxylic acids is 1. The van der Waals surface area contributed by atoms with Gasteiger partial charge < -0.3 is 15.4 Å². The van der Waals surface area contributed by atoms with Crippen LogP contribution in [0.1, 0.15) is 42.3 Å². The standard InChI is InChI=1S/C24H26N2O2S2/c1-4-16-13-10-14-17(5-2)21(16)25-24(29)26-22-19(23(27)28-6-3)15-20(30-22)18-11-8-7-9-12-18/h7-15H,4-6H2,1-3H3,(H2,25,26,29). The number of para-hydroxylation sites is 1. The predicted octanol–water partition coefficient (Wildman–Crippen LogP) is 6.53. The molecule has 4 nitrogen and oxygen atoms in total. The van der Waals surface area contributed by atoms with Gasteiger partial charge in [0.1, 0.15) is 5.00 Å². The zero-order valence-electron chi connectivity index (χ0n) is 17.5. The molecule has 0 atom stereocenters. The van der Waals surface area contributed by atoms with Crippen molar-refractivity contribution in [1.82, 2.24) is 0 Å². The van der Waals surface area contributed by atoms with Crippen LogP contribution in [0.2, 0.25) is 0 Å². The van der Waals surface area contributed by atoms with Crippen molar-refractivity contribution in [3.63, 3.8) is 0 Å². The van der Waals surface area contributed by atoms with Crippen LogP contribution in [0.15, 0.2) is 54.6 Å². The Morgan fingerprint density at radius 3 is 2.23 bits per heavy atom. The highest BCUT2D eigenvalue weighted by atomic mass is 32.1. The van der Waals surface area contributed by atoms with Gasteiger partial charge in [0.15, 0.2) is 5.11 Å². The zero-order valence-corrected chi connectivity index (χ0v) is 19.1. The number of benzene rings is 2. The van der Waals surface area contributed by atoms with Crippen molar-refractivity contribution in [3.8, 4) is 10.4 Å². The van der Waals surface area contributed by atoms with Crippen molar-refractivity contribution in [2.75, 3.05) is 17.2 Å². The summed E-state index contributed by atoms with van der Waals surface area (Å²) >= 11 is 7.09. The maximum absolute atomic E-state index is 12.5.